The molecule has 4 rings (SSSR count). The van der Waals surface area contributed by atoms with Gasteiger partial charge in [-0.2, -0.15) is 0 Å². The SMILES string of the molecule is CNC(=O)CNC(=O)[C@@](C)(N)CN1CC(Oc2ccc3c(c2C(=O)O)OB(O)[C@H]2C[C@@H]32)C1. The van der Waals surface area contributed by atoms with E-state index in [2.05, 4.69) is 10.6 Å². The minimum atomic E-state index is -1.21. The molecule has 3 atom stereocenters. The van der Waals surface area contributed by atoms with Gasteiger partial charge in [0.25, 0.3) is 0 Å². The van der Waals surface area contributed by atoms with Gasteiger partial charge in [-0.25, -0.2) is 4.79 Å². The number of carbonyl (C=O) groups excluding carboxylic acids is 2. The Bertz CT molecular complexity index is 950. The van der Waals surface area contributed by atoms with Crippen molar-refractivity contribution < 1.29 is 33.9 Å². The third-order valence-electron chi connectivity index (χ3n) is 6.18. The van der Waals surface area contributed by atoms with E-state index in [1.54, 1.807) is 19.1 Å². The molecule has 2 amide bonds. The Kier molecular flexibility index (Phi) is 5.78. The Hall–Kier alpha value is -2.83. The number of hydrogen-bond donors (Lipinski definition) is 5. The van der Waals surface area contributed by atoms with Crippen molar-refractivity contribution in [3.05, 3.63) is 23.3 Å². The first-order chi connectivity index (χ1) is 15.1. The summed E-state index contributed by atoms with van der Waals surface area (Å²) in [5, 5.41) is 24.7. The van der Waals surface area contributed by atoms with E-state index >= 15 is 0 Å². The Morgan fingerprint density at radius 1 is 1.38 bits per heavy atom. The average Bonchev–Trinajstić information content (AvgIpc) is 3.51. The van der Waals surface area contributed by atoms with Gasteiger partial charge in [0.15, 0.2) is 0 Å². The van der Waals surface area contributed by atoms with Crippen LogP contribution in [0, 0.1) is 0 Å². The van der Waals surface area contributed by atoms with E-state index in [9.17, 15) is 24.5 Å². The highest BCUT2D eigenvalue weighted by Crippen LogP contribution is 2.60. The summed E-state index contributed by atoms with van der Waals surface area (Å²) in [7, 11) is 0.475. The summed E-state index contributed by atoms with van der Waals surface area (Å²) in [5.41, 5.74) is 5.63. The van der Waals surface area contributed by atoms with Crippen molar-refractivity contribution >= 4 is 24.9 Å². The van der Waals surface area contributed by atoms with Crippen LogP contribution in [0.15, 0.2) is 12.1 Å². The summed E-state index contributed by atoms with van der Waals surface area (Å²) in [6.07, 6.45) is 0.498. The Morgan fingerprint density at radius 2 is 2.09 bits per heavy atom. The summed E-state index contributed by atoms with van der Waals surface area (Å²) < 4.78 is 11.4. The topological polar surface area (TPSA) is 163 Å². The monoisotopic (exact) mass is 446 g/mol. The van der Waals surface area contributed by atoms with Crippen molar-refractivity contribution in [1.29, 1.82) is 0 Å². The van der Waals surface area contributed by atoms with Crippen LogP contribution in [0.5, 0.6) is 11.5 Å². The number of aromatic carboxylic acids is 1. The van der Waals surface area contributed by atoms with Crippen LogP contribution in [0.3, 0.4) is 0 Å². The maximum absolute atomic E-state index is 12.3. The molecular weight excluding hydrogens is 419 g/mol. The first-order valence-electron chi connectivity index (χ1n) is 10.5. The smallest absolute Gasteiger partial charge is 0.526 e. The van der Waals surface area contributed by atoms with E-state index in [0.717, 1.165) is 12.0 Å². The molecule has 32 heavy (non-hydrogen) atoms. The van der Waals surface area contributed by atoms with Crippen LogP contribution in [0.1, 0.15) is 35.2 Å². The molecule has 12 heteroatoms. The summed E-state index contributed by atoms with van der Waals surface area (Å²) >= 11 is 0. The van der Waals surface area contributed by atoms with Crippen molar-refractivity contribution in [3.63, 3.8) is 0 Å². The molecule has 1 aromatic rings. The van der Waals surface area contributed by atoms with Crippen LogP contribution in [0.25, 0.3) is 0 Å². The third kappa shape index (κ3) is 4.25. The average molecular weight is 446 g/mol. The van der Waals surface area contributed by atoms with E-state index in [1.807, 2.05) is 4.90 Å². The van der Waals surface area contributed by atoms with Crippen LogP contribution in [0.4, 0.5) is 0 Å². The van der Waals surface area contributed by atoms with Gasteiger partial charge in [0.05, 0.1) is 6.54 Å². The molecule has 0 aromatic heterocycles. The van der Waals surface area contributed by atoms with Crippen molar-refractivity contribution in [3.8, 4) is 11.5 Å². The maximum Gasteiger partial charge on any atom is 0.526 e. The fourth-order valence-corrected chi connectivity index (χ4v) is 4.29. The standard InChI is InChI=1S/C20H27BN4O7/c1-20(22,19(29)24-6-15(26)23-2)9-25-7-10(8-25)31-14-4-3-11-12-5-13(12)21(30)32-17(11)16(14)18(27)28/h3-4,10,12-13,30H,5-9,22H2,1-2H3,(H,23,26)(H,24,29)(H,27,28)/t12-,13-,20-/m0/s1. The number of nitrogens with zero attached hydrogens (tertiary/aromatic N) is 1. The van der Waals surface area contributed by atoms with Crippen LogP contribution in [-0.2, 0) is 9.59 Å². The lowest BCUT2D eigenvalue weighted by Crippen LogP contribution is -2.64. The number of carbonyl (C=O) groups is 3. The molecule has 2 aliphatic heterocycles. The van der Waals surface area contributed by atoms with Gasteiger partial charge in [-0.05, 0) is 30.9 Å². The van der Waals surface area contributed by atoms with E-state index < -0.39 is 24.5 Å². The number of ether oxygens (including phenoxy) is 1. The summed E-state index contributed by atoms with van der Waals surface area (Å²) in [6.45, 7) is 2.60. The first-order valence-corrected chi connectivity index (χ1v) is 10.5. The quantitative estimate of drug-likeness (QED) is 0.307. The zero-order valence-corrected chi connectivity index (χ0v) is 18.0. The summed E-state index contributed by atoms with van der Waals surface area (Å²) in [6, 6.07) is 3.44. The zero-order valence-electron chi connectivity index (χ0n) is 18.0. The highest BCUT2D eigenvalue weighted by atomic mass is 16.5. The maximum atomic E-state index is 12.3. The van der Waals surface area contributed by atoms with Crippen molar-refractivity contribution in [2.75, 3.05) is 33.2 Å². The predicted molar refractivity (Wildman–Crippen MR) is 114 cm³/mol. The van der Waals surface area contributed by atoms with Crippen LogP contribution >= 0.6 is 0 Å². The number of nitrogens with two attached hydrogens (primary N) is 1. The predicted octanol–water partition coefficient (Wildman–Crippen LogP) is -1.24. The van der Waals surface area contributed by atoms with Gasteiger partial charge in [-0.3, -0.25) is 14.5 Å². The van der Waals surface area contributed by atoms with Gasteiger partial charge in [0.2, 0.25) is 11.8 Å². The normalized spacial score (nSPS) is 23.6. The van der Waals surface area contributed by atoms with Crippen molar-refractivity contribution in [2.45, 2.75) is 36.7 Å². The molecular formula is C20H27BN4O7. The second-order valence-corrected chi connectivity index (χ2v) is 8.88. The van der Waals surface area contributed by atoms with E-state index in [4.69, 9.17) is 15.1 Å². The Morgan fingerprint density at radius 3 is 2.75 bits per heavy atom. The van der Waals surface area contributed by atoms with Gasteiger partial charge < -0.3 is 35.9 Å². The lowest BCUT2D eigenvalue weighted by atomic mass is 9.77. The molecule has 1 aromatic carbocycles. The van der Waals surface area contributed by atoms with Gasteiger partial charge in [-0.1, -0.05) is 6.07 Å². The number of likely N-dealkylation sites (tertiary alicyclic amines) is 1. The van der Waals surface area contributed by atoms with Crippen molar-refractivity contribution in [2.24, 2.45) is 5.73 Å². The second kappa shape index (κ2) is 8.26. The van der Waals surface area contributed by atoms with E-state index in [1.165, 1.54) is 7.05 Å². The molecule has 1 saturated heterocycles. The molecule has 2 heterocycles. The second-order valence-electron chi connectivity index (χ2n) is 8.88. The molecule has 172 valence electrons. The summed E-state index contributed by atoms with van der Waals surface area (Å²) in [5.74, 6) is -1.43. The molecule has 1 saturated carbocycles. The lowest BCUT2D eigenvalue weighted by Gasteiger charge is -2.42. The van der Waals surface area contributed by atoms with Gasteiger partial charge in [0.1, 0.15) is 28.7 Å². The van der Waals surface area contributed by atoms with Gasteiger partial charge >= 0.3 is 13.1 Å². The number of carboxylic acid groups (broad SMARTS) is 1. The number of likely N-dealkylation sites (N-methyl/N-ethyl adjacent to an activating group) is 1. The number of amides is 2. The number of hydrogen-bond acceptors (Lipinski definition) is 8. The number of carboxylic acids is 1. The molecule has 3 aliphatic rings. The molecule has 11 nitrogen and oxygen atoms in total. The number of rotatable bonds is 8. The van der Waals surface area contributed by atoms with Gasteiger partial charge in [0, 0.05) is 32.5 Å². The molecule has 0 unspecified atom stereocenters. The zero-order chi connectivity index (χ0) is 23.2. The van der Waals surface area contributed by atoms with Crippen LogP contribution < -0.4 is 25.8 Å². The van der Waals surface area contributed by atoms with E-state index in [-0.39, 0.29) is 53.9 Å². The first kappa shape index (κ1) is 22.4. The number of fused-ring (bicyclic) bond motifs is 3. The number of nitrogens with one attached hydrogen (secondary N) is 2. The lowest BCUT2D eigenvalue weighted by molar-refractivity contribution is -0.130. The fraction of sp³-hybridized carbons (Fsp3) is 0.550. The highest BCUT2D eigenvalue weighted by molar-refractivity contribution is 6.48. The van der Waals surface area contributed by atoms with Crippen molar-refractivity contribution in [1.82, 2.24) is 15.5 Å². The van der Waals surface area contributed by atoms with Crippen LogP contribution in [0.2, 0.25) is 5.82 Å². The van der Waals surface area contributed by atoms with E-state index in [0.29, 0.717) is 13.1 Å². The molecule has 0 bridgehead atoms. The minimum absolute atomic E-state index is 0.0234. The fourth-order valence-electron chi connectivity index (χ4n) is 4.29. The highest BCUT2D eigenvalue weighted by Gasteiger charge is 2.54. The van der Waals surface area contributed by atoms with Gasteiger partial charge in [-0.15, -0.1) is 0 Å². The Balaban J connectivity index is 1.35. The minimum Gasteiger partial charge on any atom is -0.535 e. The molecule has 6 N–H and O–H groups in total. The molecule has 0 radical (unpaired) electrons. The van der Waals surface area contributed by atoms with Crippen LogP contribution in [-0.4, -0.2) is 84.8 Å². The largest absolute Gasteiger partial charge is 0.535 e. The molecule has 1 aliphatic carbocycles. The number of benzene rings is 1. The molecule has 2 fully saturated rings. The molecule has 0 spiro atoms. The Labute approximate surface area is 185 Å². The summed E-state index contributed by atoms with van der Waals surface area (Å²) in [4.78, 5) is 37.4. The third-order valence-corrected chi connectivity index (χ3v) is 6.18.